The van der Waals surface area contributed by atoms with Crippen molar-refractivity contribution in [2.45, 2.75) is 38.3 Å². The summed E-state index contributed by atoms with van der Waals surface area (Å²) in [5.41, 5.74) is 3.52. The summed E-state index contributed by atoms with van der Waals surface area (Å²) in [4.78, 5) is 12.9. The summed E-state index contributed by atoms with van der Waals surface area (Å²) in [7, 11) is -2.35. The van der Waals surface area contributed by atoms with Crippen LogP contribution in [0.4, 0.5) is 5.69 Å². The van der Waals surface area contributed by atoms with E-state index >= 15 is 0 Å². The van der Waals surface area contributed by atoms with Crippen LogP contribution in [0, 0.1) is 6.92 Å². The molecule has 0 aliphatic carbocycles. The van der Waals surface area contributed by atoms with Gasteiger partial charge in [-0.1, -0.05) is 18.2 Å². The lowest BCUT2D eigenvalue weighted by Gasteiger charge is -2.15. The average Bonchev–Trinajstić information content (AvgIpc) is 3.11. The van der Waals surface area contributed by atoms with Crippen molar-refractivity contribution in [3.63, 3.8) is 0 Å². The molecule has 0 radical (unpaired) electrons. The predicted molar refractivity (Wildman–Crippen MR) is 131 cm³/mol. The van der Waals surface area contributed by atoms with Crippen LogP contribution in [0.3, 0.4) is 0 Å². The zero-order chi connectivity index (χ0) is 23.8. The zero-order valence-electron chi connectivity index (χ0n) is 19.0. The van der Waals surface area contributed by atoms with Gasteiger partial charge < -0.3 is 14.6 Å². The van der Waals surface area contributed by atoms with E-state index in [2.05, 4.69) is 33.7 Å². The number of benzene rings is 3. The van der Waals surface area contributed by atoms with Crippen LogP contribution in [-0.2, 0) is 21.4 Å². The van der Waals surface area contributed by atoms with Crippen LogP contribution in [0.5, 0.6) is 5.75 Å². The second kappa shape index (κ2) is 8.88. The third-order valence-corrected chi connectivity index (χ3v) is 7.30. The van der Waals surface area contributed by atoms with Crippen LogP contribution < -0.4 is 14.8 Å². The molecular formula is C25H27N3O4S. The normalized spacial score (nSPS) is 12.7. The Kier molecular flexibility index (Phi) is 6.14. The first-order valence-corrected chi connectivity index (χ1v) is 12.2. The molecule has 0 unspecified atom stereocenters. The number of methoxy groups -OCH3 is 1. The molecule has 4 rings (SSSR count). The molecule has 2 N–H and O–H groups in total. The summed E-state index contributed by atoms with van der Waals surface area (Å²) in [6, 6.07) is 17.5. The van der Waals surface area contributed by atoms with Gasteiger partial charge in [0.2, 0.25) is 15.9 Å². The maximum Gasteiger partial charge on any atom is 0.242 e. The molecule has 0 saturated carbocycles. The average molecular weight is 466 g/mol. The minimum Gasteiger partial charge on any atom is -0.496 e. The van der Waals surface area contributed by atoms with E-state index in [9.17, 15) is 13.2 Å². The van der Waals surface area contributed by atoms with E-state index in [0.29, 0.717) is 17.0 Å². The Labute approximate surface area is 193 Å². The van der Waals surface area contributed by atoms with E-state index in [4.69, 9.17) is 4.74 Å². The highest BCUT2D eigenvalue weighted by atomic mass is 32.2. The summed E-state index contributed by atoms with van der Waals surface area (Å²) in [6.07, 6.45) is 0. The SMILES string of the molecule is CCn1c2ccccc2c2cc(NC(=O)[C@@H](C)NS(=O)(=O)c3ccc(OC)c(C)c3)ccc21. The van der Waals surface area contributed by atoms with E-state index in [1.54, 1.807) is 13.0 Å². The van der Waals surface area contributed by atoms with Gasteiger partial charge >= 0.3 is 0 Å². The van der Waals surface area contributed by atoms with Gasteiger partial charge in [-0.15, -0.1) is 0 Å². The molecule has 0 saturated heterocycles. The van der Waals surface area contributed by atoms with Crippen LogP contribution in [0.25, 0.3) is 21.8 Å². The molecule has 1 amide bonds. The third-order valence-electron chi connectivity index (χ3n) is 5.76. The number of sulfonamides is 1. The Hall–Kier alpha value is -3.36. The summed E-state index contributed by atoms with van der Waals surface area (Å²) in [5, 5.41) is 4.97. The molecule has 0 aliphatic rings. The first-order valence-electron chi connectivity index (χ1n) is 10.7. The summed E-state index contributed by atoms with van der Waals surface area (Å²) in [5.74, 6) is 0.155. The van der Waals surface area contributed by atoms with Crippen LogP contribution >= 0.6 is 0 Å². The molecule has 1 heterocycles. The first kappa shape index (κ1) is 22.8. The summed E-state index contributed by atoms with van der Waals surface area (Å²) < 4.78 is 35.4. The fourth-order valence-electron chi connectivity index (χ4n) is 4.09. The van der Waals surface area contributed by atoms with Crippen molar-refractivity contribution in [3.8, 4) is 5.75 Å². The van der Waals surface area contributed by atoms with Crippen molar-refractivity contribution in [2.75, 3.05) is 12.4 Å². The topological polar surface area (TPSA) is 89.4 Å². The van der Waals surface area contributed by atoms with Gasteiger partial charge in [0.25, 0.3) is 0 Å². The molecule has 3 aromatic carbocycles. The minimum atomic E-state index is -3.88. The van der Waals surface area contributed by atoms with Gasteiger partial charge in [-0.25, -0.2) is 8.42 Å². The van der Waals surface area contributed by atoms with E-state index in [1.165, 1.54) is 26.2 Å². The number of hydrogen-bond acceptors (Lipinski definition) is 4. The van der Waals surface area contributed by atoms with Gasteiger partial charge in [-0.3, -0.25) is 4.79 Å². The molecular weight excluding hydrogens is 438 g/mol. The van der Waals surface area contributed by atoms with Gasteiger partial charge in [-0.2, -0.15) is 4.72 Å². The third kappa shape index (κ3) is 4.31. The number of amides is 1. The fraction of sp³-hybridized carbons (Fsp3) is 0.240. The minimum absolute atomic E-state index is 0.0780. The van der Waals surface area contributed by atoms with Gasteiger partial charge in [-0.05, 0) is 68.8 Å². The molecule has 172 valence electrons. The first-order chi connectivity index (χ1) is 15.7. The van der Waals surface area contributed by atoms with Gasteiger partial charge in [0.1, 0.15) is 5.75 Å². The molecule has 8 heteroatoms. The predicted octanol–water partition coefficient (Wildman–Crippen LogP) is 4.44. The lowest BCUT2D eigenvalue weighted by atomic mass is 10.1. The molecule has 0 fully saturated rings. The maximum atomic E-state index is 12.8. The van der Waals surface area contributed by atoms with Crippen LogP contribution in [0.1, 0.15) is 19.4 Å². The molecule has 0 aliphatic heterocycles. The van der Waals surface area contributed by atoms with Crippen molar-refractivity contribution >= 4 is 43.4 Å². The number of hydrogen-bond donors (Lipinski definition) is 2. The summed E-state index contributed by atoms with van der Waals surface area (Å²) >= 11 is 0. The highest BCUT2D eigenvalue weighted by Gasteiger charge is 2.23. The number of fused-ring (bicyclic) bond motifs is 3. The Bertz CT molecular complexity index is 1460. The Morgan fingerprint density at radius 1 is 1.03 bits per heavy atom. The molecule has 0 bridgehead atoms. The quantitative estimate of drug-likeness (QED) is 0.422. The number of rotatable bonds is 7. The van der Waals surface area contributed by atoms with Crippen LogP contribution in [-0.4, -0.2) is 32.0 Å². The molecule has 1 atom stereocenters. The number of anilines is 1. The molecule has 0 spiro atoms. The Morgan fingerprint density at radius 3 is 2.45 bits per heavy atom. The highest BCUT2D eigenvalue weighted by Crippen LogP contribution is 2.31. The summed E-state index contributed by atoms with van der Waals surface area (Å²) in [6.45, 7) is 6.21. The Morgan fingerprint density at radius 2 is 1.76 bits per heavy atom. The van der Waals surface area contributed by atoms with Crippen molar-refractivity contribution < 1.29 is 17.9 Å². The van der Waals surface area contributed by atoms with Gasteiger partial charge in [0.15, 0.2) is 0 Å². The smallest absolute Gasteiger partial charge is 0.242 e. The fourth-order valence-corrected chi connectivity index (χ4v) is 5.38. The van der Waals surface area contributed by atoms with Crippen molar-refractivity contribution in [2.24, 2.45) is 0 Å². The van der Waals surface area contributed by atoms with Crippen molar-refractivity contribution in [3.05, 3.63) is 66.2 Å². The lowest BCUT2D eigenvalue weighted by molar-refractivity contribution is -0.117. The molecule has 4 aromatic rings. The van der Waals surface area contributed by atoms with Gasteiger partial charge in [0, 0.05) is 34.0 Å². The van der Waals surface area contributed by atoms with Gasteiger partial charge in [0.05, 0.1) is 18.0 Å². The number of aromatic nitrogens is 1. The van der Waals surface area contributed by atoms with Crippen molar-refractivity contribution in [1.29, 1.82) is 0 Å². The van der Waals surface area contributed by atoms with E-state index in [-0.39, 0.29) is 4.90 Å². The number of carbonyl (C=O) groups excluding carboxylic acids is 1. The van der Waals surface area contributed by atoms with Crippen molar-refractivity contribution in [1.82, 2.24) is 9.29 Å². The van der Waals surface area contributed by atoms with Crippen LogP contribution in [0.15, 0.2) is 65.6 Å². The molecule has 1 aromatic heterocycles. The number of ether oxygens (including phenoxy) is 1. The van der Waals surface area contributed by atoms with E-state index in [0.717, 1.165) is 28.4 Å². The highest BCUT2D eigenvalue weighted by molar-refractivity contribution is 7.89. The number of nitrogens with one attached hydrogen (secondary N) is 2. The number of aryl methyl sites for hydroxylation is 2. The number of para-hydroxylation sites is 1. The lowest BCUT2D eigenvalue weighted by Crippen LogP contribution is -2.41. The van der Waals surface area contributed by atoms with Crippen LogP contribution in [0.2, 0.25) is 0 Å². The molecule has 7 nitrogen and oxygen atoms in total. The maximum absolute atomic E-state index is 12.8. The number of carbonyl (C=O) groups is 1. The second-order valence-electron chi connectivity index (χ2n) is 7.96. The van der Waals surface area contributed by atoms with E-state index < -0.39 is 22.0 Å². The monoisotopic (exact) mass is 465 g/mol. The number of nitrogens with zero attached hydrogens (tertiary/aromatic N) is 1. The molecule has 33 heavy (non-hydrogen) atoms. The Balaban J connectivity index is 1.55. The van der Waals surface area contributed by atoms with E-state index in [1.807, 2.05) is 30.3 Å². The zero-order valence-corrected chi connectivity index (χ0v) is 19.9. The largest absolute Gasteiger partial charge is 0.496 e. The second-order valence-corrected chi connectivity index (χ2v) is 9.67. The standard InChI is InChI=1S/C25H27N3O4S/c1-5-28-22-9-7-6-8-20(22)21-15-18(10-12-23(21)28)26-25(29)17(3)27-33(30,31)19-11-13-24(32-4)16(2)14-19/h6-15,17,27H,5H2,1-4H3,(H,26,29)/t17-/m1/s1.